The number of anilines is 1. The average molecular weight is 231 g/mol. The maximum atomic E-state index is 5.97. The van der Waals surface area contributed by atoms with Gasteiger partial charge >= 0.3 is 0 Å². The Morgan fingerprint density at radius 3 is 3.18 bits per heavy atom. The largest absolute Gasteiger partial charge is 0.369 e. The van der Waals surface area contributed by atoms with E-state index in [1.165, 1.54) is 19.4 Å². The molecule has 0 bridgehead atoms. The lowest BCUT2D eigenvalue weighted by molar-refractivity contribution is 0.285. The number of pyridine rings is 1. The molecule has 5 heteroatoms. The molecule has 1 atom stereocenters. The number of aromatic nitrogens is 3. The highest BCUT2D eigenvalue weighted by atomic mass is 15.2. The molecule has 1 unspecified atom stereocenters. The zero-order chi connectivity index (χ0) is 11.8. The highest BCUT2D eigenvalue weighted by Crippen LogP contribution is 2.21. The summed E-state index contributed by atoms with van der Waals surface area (Å²) in [5.41, 5.74) is 7.74. The molecule has 2 aromatic rings. The monoisotopic (exact) mass is 231 g/mol. The summed E-state index contributed by atoms with van der Waals surface area (Å²) in [5, 5.41) is 0. The summed E-state index contributed by atoms with van der Waals surface area (Å²) in [4.78, 5) is 11.1. The second-order valence-corrected chi connectivity index (χ2v) is 4.70. The van der Waals surface area contributed by atoms with E-state index in [1.807, 2.05) is 16.7 Å². The summed E-state index contributed by atoms with van der Waals surface area (Å²) in [6.07, 6.45) is 4.28. The van der Waals surface area contributed by atoms with Gasteiger partial charge in [-0.15, -0.1) is 0 Å². The Morgan fingerprint density at radius 2 is 2.41 bits per heavy atom. The number of nitrogen functional groups attached to an aromatic ring is 1. The first kappa shape index (κ1) is 10.5. The van der Waals surface area contributed by atoms with Gasteiger partial charge in [0.2, 0.25) is 5.95 Å². The summed E-state index contributed by atoms with van der Waals surface area (Å²) in [5.74, 6) is 0.569. The van der Waals surface area contributed by atoms with E-state index >= 15 is 0 Å². The van der Waals surface area contributed by atoms with Gasteiger partial charge in [0, 0.05) is 18.8 Å². The predicted molar refractivity (Wildman–Crippen MR) is 67.6 cm³/mol. The van der Waals surface area contributed by atoms with Crippen molar-refractivity contribution in [1.29, 1.82) is 0 Å². The number of nitrogens with zero attached hydrogens (tertiary/aromatic N) is 4. The van der Waals surface area contributed by atoms with Crippen LogP contribution in [0.1, 0.15) is 12.8 Å². The minimum atomic E-state index is 0.553. The Kier molecular flexibility index (Phi) is 2.48. The van der Waals surface area contributed by atoms with E-state index in [4.69, 9.17) is 5.73 Å². The molecule has 17 heavy (non-hydrogen) atoms. The smallest absolute Gasteiger partial charge is 0.202 e. The van der Waals surface area contributed by atoms with Crippen molar-refractivity contribution in [3.05, 3.63) is 18.3 Å². The third-order valence-electron chi connectivity index (χ3n) is 3.60. The molecular formula is C12H17N5. The maximum Gasteiger partial charge on any atom is 0.202 e. The normalized spacial score (nSPS) is 21.4. The van der Waals surface area contributed by atoms with Crippen LogP contribution in [-0.4, -0.2) is 39.1 Å². The second kappa shape index (κ2) is 4.00. The number of likely N-dealkylation sites (N-methyl/N-ethyl adjacent to an activating group) is 1. The van der Waals surface area contributed by atoms with Gasteiger partial charge in [-0.3, -0.25) is 4.57 Å². The third-order valence-corrected chi connectivity index (χ3v) is 3.60. The van der Waals surface area contributed by atoms with Gasteiger partial charge in [-0.25, -0.2) is 9.97 Å². The molecule has 2 aromatic heterocycles. The van der Waals surface area contributed by atoms with E-state index in [0.29, 0.717) is 12.0 Å². The van der Waals surface area contributed by atoms with Crippen LogP contribution in [-0.2, 0) is 6.54 Å². The van der Waals surface area contributed by atoms with Gasteiger partial charge in [0.05, 0.1) is 0 Å². The Balaban J connectivity index is 1.96. The van der Waals surface area contributed by atoms with Gasteiger partial charge in [0.25, 0.3) is 0 Å². The number of fused-ring (bicyclic) bond motifs is 1. The Bertz CT molecular complexity index is 533. The Morgan fingerprint density at radius 1 is 1.53 bits per heavy atom. The molecule has 0 aromatic carbocycles. The molecule has 90 valence electrons. The van der Waals surface area contributed by atoms with Crippen LogP contribution in [0.5, 0.6) is 0 Å². The molecule has 3 rings (SSSR count). The molecule has 1 aliphatic rings. The fraction of sp³-hybridized carbons (Fsp3) is 0.500. The van der Waals surface area contributed by atoms with Crippen molar-refractivity contribution in [1.82, 2.24) is 19.4 Å². The number of likely N-dealkylation sites (tertiary alicyclic amines) is 1. The van der Waals surface area contributed by atoms with Crippen LogP contribution in [0, 0.1) is 0 Å². The minimum absolute atomic E-state index is 0.553. The van der Waals surface area contributed by atoms with Crippen LogP contribution in [0.3, 0.4) is 0 Å². The number of hydrogen-bond acceptors (Lipinski definition) is 4. The van der Waals surface area contributed by atoms with Crippen molar-refractivity contribution < 1.29 is 0 Å². The first-order valence-electron chi connectivity index (χ1n) is 6.02. The number of rotatable bonds is 2. The molecule has 3 heterocycles. The van der Waals surface area contributed by atoms with Crippen molar-refractivity contribution in [3.8, 4) is 0 Å². The summed E-state index contributed by atoms with van der Waals surface area (Å²) >= 11 is 0. The molecule has 1 saturated heterocycles. The summed E-state index contributed by atoms with van der Waals surface area (Å²) in [6.45, 7) is 2.06. The van der Waals surface area contributed by atoms with Gasteiger partial charge in [0.1, 0.15) is 5.52 Å². The molecule has 0 spiro atoms. The molecule has 2 N–H and O–H groups in total. The quantitative estimate of drug-likeness (QED) is 0.841. The van der Waals surface area contributed by atoms with E-state index in [9.17, 15) is 0 Å². The topological polar surface area (TPSA) is 60.0 Å². The lowest BCUT2D eigenvalue weighted by Gasteiger charge is -2.20. The Labute approximate surface area is 100 Å². The van der Waals surface area contributed by atoms with Crippen molar-refractivity contribution in [2.45, 2.75) is 25.4 Å². The summed E-state index contributed by atoms with van der Waals surface area (Å²) < 4.78 is 2.03. The van der Waals surface area contributed by atoms with Crippen LogP contribution in [0.4, 0.5) is 5.95 Å². The van der Waals surface area contributed by atoms with E-state index in [2.05, 4.69) is 21.9 Å². The Hall–Kier alpha value is -1.62. The molecular weight excluding hydrogens is 214 g/mol. The zero-order valence-corrected chi connectivity index (χ0v) is 10.0. The van der Waals surface area contributed by atoms with Crippen LogP contribution >= 0.6 is 0 Å². The standard InChI is InChI=1S/C12H17N5/c1-16-7-3-4-9(16)8-17-11-10(15-12(17)13)5-2-6-14-11/h2,5-6,9H,3-4,7-8H2,1H3,(H2,13,15). The molecule has 0 radical (unpaired) electrons. The summed E-state index contributed by atoms with van der Waals surface area (Å²) in [7, 11) is 2.17. The summed E-state index contributed by atoms with van der Waals surface area (Å²) in [6, 6.07) is 4.39. The maximum absolute atomic E-state index is 5.97. The zero-order valence-electron chi connectivity index (χ0n) is 10.0. The van der Waals surface area contributed by atoms with Gasteiger partial charge in [-0.1, -0.05) is 0 Å². The van der Waals surface area contributed by atoms with Crippen molar-refractivity contribution in [2.24, 2.45) is 0 Å². The molecule has 1 aliphatic heterocycles. The number of imidazole rings is 1. The van der Waals surface area contributed by atoms with Gasteiger partial charge in [-0.2, -0.15) is 0 Å². The van der Waals surface area contributed by atoms with E-state index in [-0.39, 0.29) is 0 Å². The fourth-order valence-corrected chi connectivity index (χ4v) is 2.58. The van der Waals surface area contributed by atoms with Crippen molar-refractivity contribution in [3.63, 3.8) is 0 Å². The number of nitrogens with two attached hydrogens (primary N) is 1. The van der Waals surface area contributed by atoms with Crippen LogP contribution in [0.15, 0.2) is 18.3 Å². The highest BCUT2D eigenvalue weighted by Gasteiger charge is 2.23. The van der Waals surface area contributed by atoms with Gasteiger partial charge in [-0.05, 0) is 38.6 Å². The third kappa shape index (κ3) is 1.76. The highest BCUT2D eigenvalue weighted by molar-refractivity contribution is 5.73. The second-order valence-electron chi connectivity index (χ2n) is 4.70. The predicted octanol–water partition coefficient (Wildman–Crippen LogP) is 1.11. The average Bonchev–Trinajstić information content (AvgIpc) is 2.85. The van der Waals surface area contributed by atoms with Crippen molar-refractivity contribution >= 4 is 17.1 Å². The number of hydrogen-bond donors (Lipinski definition) is 1. The lowest BCUT2D eigenvalue weighted by Crippen LogP contribution is -2.29. The van der Waals surface area contributed by atoms with E-state index in [1.54, 1.807) is 6.20 Å². The minimum Gasteiger partial charge on any atom is -0.369 e. The first-order valence-corrected chi connectivity index (χ1v) is 6.02. The fourth-order valence-electron chi connectivity index (χ4n) is 2.58. The first-order chi connectivity index (χ1) is 8.25. The van der Waals surface area contributed by atoms with Crippen molar-refractivity contribution in [2.75, 3.05) is 19.3 Å². The lowest BCUT2D eigenvalue weighted by atomic mass is 10.2. The van der Waals surface area contributed by atoms with Crippen LogP contribution < -0.4 is 5.73 Å². The molecule has 0 amide bonds. The SMILES string of the molecule is CN1CCCC1Cn1c(N)nc2cccnc21. The molecule has 5 nitrogen and oxygen atoms in total. The molecule has 1 fully saturated rings. The van der Waals surface area contributed by atoms with Crippen LogP contribution in [0.2, 0.25) is 0 Å². The van der Waals surface area contributed by atoms with E-state index in [0.717, 1.165) is 17.7 Å². The van der Waals surface area contributed by atoms with E-state index < -0.39 is 0 Å². The molecule has 0 aliphatic carbocycles. The van der Waals surface area contributed by atoms with Gasteiger partial charge in [0.15, 0.2) is 5.65 Å². The van der Waals surface area contributed by atoms with Crippen LogP contribution in [0.25, 0.3) is 11.2 Å². The molecule has 0 saturated carbocycles. The van der Waals surface area contributed by atoms with Gasteiger partial charge < -0.3 is 10.6 Å².